The Morgan fingerprint density at radius 2 is 2.19 bits per heavy atom. The highest BCUT2D eigenvalue weighted by atomic mass is 32.1. The quantitative estimate of drug-likeness (QED) is 0.882. The van der Waals surface area contributed by atoms with Crippen LogP contribution in [-0.4, -0.2) is 16.0 Å². The van der Waals surface area contributed by atoms with Crippen molar-refractivity contribution in [1.29, 1.82) is 0 Å². The molecule has 1 fully saturated rings. The molecular formula is C16H20FN3S. The second-order valence-corrected chi connectivity index (χ2v) is 7.09. The molecule has 1 aliphatic carbocycles. The molecule has 0 bridgehead atoms. The zero-order chi connectivity index (χ0) is 14.8. The SMILES string of the molecule is CC(C)Cc1nc(-c2ccc(F)cn2)sc1CNC1CC1. The normalized spacial score (nSPS) is 14.9. The van der Waals surface area contributed by atoms with Crippen molar-refractivity contribution in [2.45, 2.75) is 45.7 Å². The number of halogens is 1. The zero-order valence-electron chi connectivity index (χ0n) is 12.4. The van der Waals surface area contributed by atoms with E-state index in [1.807, 2.05) is 0 Å². The standard InChI is InChI=1S/C16H20FN3S/c1-10(2)7-14-15(9-18-12-4-5-12)21-16(20-14)13-6-3-11(17)8-19-13/h3,6,8,10,12,18H,4-5,7,9H2,1-2H3. The summed E-state index contributed by atoms with van der Waals surface area (Å²) in [5, 5.41) is 4.44. The van der Waals surface area contributed by atoms with Crippen LogP contribution in [0.2, 0.25) is 0 Å². The van der Waals surface area contributed by atoms with Gasteiger partial charge in [-0.05, 0) is 37.3 Å². The van der Waals surface area contributed by atoms with Crippen molar-refractivity contribution in [3.63, 3.8) is 0 Å². The molecule has 112 valence electrons. The summed E-state index contributed by atoms with van der Waals surface area (Å²) < 4.78 is 13.0. The first kappa shape index (κ1) is 14.6. The van der Waals surface area contributed by atoms with E-state index in [-0.39, 0.29) is 5.82 Å². The summed E-state index contributed by atoms with van der Waals surface area (Å²) in [7, 11) is 0. The molecule has 0 aromatic carbocycles. The number of nitrogens with one attached hydrogen (secondary N) is 1. The molecule has 2 aromatic heterocycles. The summed E-state index contributed by atoms with van der Waals surface area (Å²) in [5.74, 6) is 0.258. The van der Waals surface area contributed by atoms with Crippen LogP contribution in [0.1, 0.15) is 37.3 Å². The Hall–Kier alpha value is -1.33. The average Bonchev–Trinajstić information content (AvgIpc) is 3.19. The van der Waals surface area contributed by atoms with Crippen LogP contribution >= 0.6 is 11.3 Å². The highest BCUT2D eigenvalue weighted by Gasteiger charge is 2.22. The first-order chi connectivity index (χ1) is 10.1. The van der Waals surface area contributed by atoms with E-state index in [0.29, 0.717) is 12.0 Å². The van der Waals surface area contributed by atoms with Gasteiger partial charge in [0.05, 0.1) is 17.6 Å². The lowest BCUT2D eigenvalue weighted by Gasteiger charge is -2.05. The molecule has 1 saturated carbocycles. The molecule has 5 heteroatoms. The van der Waals surface area contributed by atoms with Crippen LogP contribution in [0.4, 0.5) is 4.39 Å². The molecule has 1 aliphatic rings. The van der Waals surface area contributed by atoms with Gasteiger partial charge < -0.3 is 5.32 Å². The molecule has 3 nitrogen and oxygen atoms in total. The van der Waals surface area contributed by atoms with Gasteiger partial charge in [-0.15, -0.1) is 11.3 Å². The van der Waals surface area contributed by atoms with Gasteiger partial charge in [0.15, 0.2) is 0 Å². The molecule has 0 atom stereocenters. The number of hydrogen-bond acceptors (Lipinski definition) is 4. The van der Waals surface area contributed by atoms with Gasteiger partial charge in [-0.3, -0.25) is 4.98 Å². The van der Waals surface area contributed by atoms with E-state index in [1.165, 1.54) is 30.0 Å². The first-order valence-corrected chi connectivity index (χ1v) is 8.27. The predicted molar refractivity (Wildman–Crippen MR) is 83.7 cm³/mol. The van der Waals surface area contributed by atoms with E-state index in [1.54, 1.807) is 17.4 Å². The zero-order valence-corrected chi connectivity index (χ0v) is 13.2. The van der Waals surface area contributed by atoms with Gasteiger partial charge in [-0.25, -0.2) is 9.37 Å². The molecule has 3 rings (SSSR count). The molecular weight excluding hydrogens is 285 g/mol. The van der Waals surface area contributed by atoms with Gasteiger partial charge in [0.2, 0.25) is 0 Å². The first-order valence-electron chi connectivity index (χ1n) is 7.45. The maximum Gasteiger partial charge on any atom is 0.142 e. The smallest absolute Gasteiger partial charge is 0.142 e. The largest absolute Gasteiger partial charge is 0.309 e. The third-order valence-electron chi connectivity index (χ3n) is 3.45. The molecule has 0 spiro atoms. The Morgan fingerprint density at radius 1 is 1.38 bits per heavy atom. The molecule has 0 amide bonds. The number of nitrogens with zero attached hydrogens (tertiary/aromatic N) is 2. The number of thiazole rings is 1. The van der Waals surface area contributed by atoms with Crippen LogP contribution < -0.4 is 5.32 Å². The fourth-order valence-corrected chi connectivity index (χ4v) is 3.22. The average molecular weight is 305 g/mol. The minimum absolute atomic E-state index is 0.312. The maximum absolute atomic E-state index is 13.0. The third-order valence-corrected chi connectivity index (χ3v) is 4.58. The van der Waals surface area contributed by atoms with Crippen LogP contribution in [0.3, 0.4) is 0 Å². The van der Waals surface area contributed by atoms with Gasteiger partial charge in [0.25, 0.3) is 0 Å². The number of aromatic nitrogens is 2. The summed E-state index contributed by atoms with van der Waals surface area (Å²) in [5.41, 5.74) is 1.91. The van der Waals surface area contributed by atoms with Crippen LogP contribution in [0.25, 0.3) is 10.7 Å². The van der Waals surface area contributed by atoms with E-state index < -0.39 is 0 Å². The van der Waals surface area contributed by atoms with Gasteiger partial charge >= 0.3 is 0 Å². The molecule has 2 heterocycles. The van der Waals surface area contributed by atoms with Crippen molar-refractivity contribution in [2.24, 2.45) is 5.92 Å². The van der Waals surface area contributed by atoms with Crippen molar-refractivity contribution in [3.05, 3.63) is 34.7 Å². The summed E-state index contributed by atoms with van der Waals surface area (Å²) in [6.45, 7) is 5.28. The summed E-state index contributed by atoms with van der Waals surface area (Å²) in [4.78, 5) is 10.2. The van der Waals surface area contributed by atoms with Crippen molar-refractivity contribution in [3.8, 4) is 10.7 Å². The van der Waals surface area contributed by atoms with Crippen LogP contribution in [0.5, 0.6) is 0 Å². The monoisotopic (exact) mass is 305 g/mol. The van der Waals surface area contributed by atoms with Crippen molar-refractivity contribution in [2.75, 3.05) is 0 Å². The van der Waals surface area contributed by atoms with Gasteiger partial charge in [0, 0.05) is 17.5 Å². The fourth-order valence-electron chi connectivity index (χ4n) is 2.20. The molecule has 21 heavy (non-hydrogen) atoms. The van der Waals surface area contributed by atoms with Crippen molar-refractivity contribution in [1.82, 2.24) is 15.3 Å². The van der Waals surface area contributed by atoms with E-state index >= 15 is 0 Å². The fraction of sp³-hybridized carbons (Fsp3) is 0.500. The Morgan fingerprint density at radius 3 is 2.81 bits per heavy atom. The minimum Gasteiger partial charge on any atom is -0.309 e. The van der Waals surface area contributed by atoms with E-state index in [4.69, 9.17) is 4.98 Å². The predicted octanol–water partition coefficient (Wildman–Crippen LogP) is 3.79. The summed E-state index contributed by atoms with van der Waals surface area (Å²) in [6.07, 6.45) is 4.79. The highest BCUT2D eigenvalue weighted by Crippen LogP contribution is 2.29. The summed E-state index contributed by atoms with van der Waals surface area (Å²) >= 11 is 1.67. The van der Waals surface area contributed by atoms with Crippen LogP contribution in [-0.2, 0) is 13.0 Å². The number of pyridine rings is 1. The van der Waals surface area contributed by atoms with Crippen molar-refractivity contribution >= 4 is 11.3 Å². The van der Waals surface area contributed by atoms with Crippen molar-refractivity contribution < 1.29 is 4.39 Å². The molecule has 0 radical (unpaired) electrons. The molecule has 0 aliphatic heterocycles. The van der Waals surface area contributed by atoms with Crippen LogP contribution in [0, 0.1) is 11.7 Å². The van der Waals surface area contributed by atoms with E-state index in [0.717, 1.165) is 29.4 Å². The second-order valence-electron chi connectivity index (χ2n) is 6.00. The molecule has 1 N–H and O–H groups in total. The lowest BCUT2D eigenvalue weighted by molar-refractivity contribution is 0.621. The van der Waals surface area contributed by atoms with Gasteiger partial charge in [-0.2, -0.15) is 0 Å². The number of rotatable bonds is 6. The molecule has 0 unspecified atom stereocenters. The highest BCUT2D eigenvalue weighted by molar-refractivity contribution is 7.15. The lowest BCUT2D eigenvalue weighted by atomic mass is 10.1. The van der Waals surface area contributed by atoms with E-state index in [9.17, 15) is 4.39 Å². The van der Waals surface area contributed by atoms with Gasteiger partial charge in [-0.1, -0.05) is 13.8 Å². The Bertz CT molecular complexity index is 602. The summed E-state index contributed by atoms with van der Waals surface area (Å²) in [6, 6.07) is 3.82. The molecule has 2 aromatic rings. The topological polar surface area (TPSA) is 37.8 Å². The third kappa shape index (κ3) is 3.86. The maximum atomic E-state index is 13.0. The Labute approximate surface area is 128 Å². The Kier molecular flexibility index (Phi) is 4.31. The second kappa shape index (κ2) is 6.20. The van der Waals surface area contributed by atoms with Crippen LogP contribution in [0.15, 0.2) is 18.3 Å². The number of hydrogen-bond donors (Lipinski definition) is 1. The molecule has 0 saturated heterocycles. The van der Waals surface area contributed by atoms with Gasteiger partial charge in [0.1, 0.15) is 10.8 Å². The Balaban J connectivity index is 1.84. The lowest BCUT2D eigenvalue weighted by Crippen LogP contribution is -2.15. The minimum atomic E-state index is -0.312. The van der Waals surface area contributed by atoms with E-state index in [2.05, 4.69) is 24.1 Å².